The third kappa shape index (κ3) is 6.80. The van der Waals surface area contributed by atoms with Gasteiger partial charge in [0.2, 0.25) is 5.91 Å². The van der Waals surface area contributed by atoms with Crippen molar-refractivity contribution < 1.29 is 23.8 Å². The predicted molar refractivity (Wildman–Crippen MR) is 110 cm³/mol. The van der Waals surface area contributed by atoms with E-state index >= 15 is 0 Å². The molecule has 0 spiro atoms. The van der Waals surface area contributed by atoms with Gasteiger partial charge in [0.05, 0.1) is 25.9 Å². The zero-order valence-electron chi connectivity index (χ0n) is 17.9. The average Bonchev–Trinajstić information content (AvgIpc) is 3.13. The smallest absolute Gasteiger partial charge is 0.328 e. The third-order valence-electron chi connectivity index (χ3n) is 5.12. The van der Waals surface area contributed by atoms with Gasteiger partial charge in [0.15, 0.2) is 0 Å². The molecule has 1 aromatic carbocycles. The number of hydrogen-bond donors (Lipinski definition) is 1. The quantitative estimate of drug-likeness (QED) is 0.499. The fourth-order valence-electron chi connectivity index (χ4n) is 3.25. The summed E-state index contributed by atoms with van der Waals surface area (Å²) in [5, 5.41) is 0. The lowest BCUT2D eigenvalue weighted by Gasteiger charge is -2.32. The van der Waals surface area contributed by atoms with Crippen molar-refractivity contribution in [3.8, 4) is 0 Å². The maximum atomic E-state index is 12.8. The number of ether oxygens (including phenoxy) is 3. The van der Waals surface area contributed by atoms with Crippen LogP contribution in [0.15, 0.2) is 30.3 Å². The molecule has 7 heteroatoms. The summed E-state index contributed by atoms with van der Waals surface area (Å²) in [6, 6.07) is 8.64. The minimum Gasteiger partial charge on any atom is -0.467 e. The van der Waals surface area contributed by atoms with Gasteiger partial charge in [-0.1, -0.05) is 51.1 Å². The number of nitrogens with zero attached hydrogens (tertiary/aromatic N) is 1. The number of benzene rings is 1. The van der Waals surface area contributed by atoms with Crippen molar-refractivity contribution >= 4 is 11.9 Å². The largest absolute Gasteiger partial charge is 0.467 e. The van der Waals surface area contributed by atoms with Crippen molar-refractivity contribution in [3.05, 3.63) is 35.9 Å². The Labute approximate surface area is 173 Å². The van der Waals surface area contributed by atoms with Crippen molar-refractivity contribution in [3.63, 3.8) is 0 Å². The normalized spacial score (nSPS) is 20.5. The second-order valence-electron chi connectivity index (χ2n) is 8.49. The molecule has 3 atom stereocenters. The molecule has 0 aromatic heterocycles. The van der Waals surface area contributed by atoms with Crippen LogP contribution in [0, 0.1) is 5.41 Å². The molecule has 1 aliphatic heterocycles. The third-order valence-corrected chi connectivity index (χ3v) is 5.12. The summed E-state index contributed by atoms with van der Waals surface area (Å²) in [5.41, 5.74) is 6.86. The van der Waals surface area contributed by atoms with Crippen LogP contribution in [0.2, 0.25) is 0 Å². The molecule has 1 fully saturated rings. The van der Waals surface area contributed by atoms with Crippen molar-refractivity contribution in [2.24, 2.45) is 11.1 Å². The van der Waals surface area contributed by atoms with E-state index in [4.69, 9.17) is 19.9 Å². The average molecular weight is 407 g/mol. The molecule has 2 rings (SSSR count). The molecule has 0 unspecified atom stereocenters. The molecule has 1 aromatic rings. The molecule has 29 heavy (non-hydrogen) atoms. The van der Waals surface area contributed by atoms with Crippen LogP contribution < -0.4 is 5.73 Å². The molecular formula is C22H34N2O5. The van der Waals surface area contributed by atoms with Gasteiger partial charge in [-0.05, 0) is 17.4 Å². The van der Waals surface area contributed by atoms with Crippen molar-refractivity contribution in [1.29, 1.82) is 0 Å². The molecule has 1 amide bonds. The molecule has 1 heterocycles. The van der Waals surface area contributed by atoms with Gasteiger partial charge >= 0.3 is 5.97 Å². The Balaban J connectivity index is 1.79. The van der Waals surface area contributed by atoms with E-state index in [0.717, 1.165) is 12.0 Å². The van der Waals surface area contributed by atoms with Gasteiger partial charge in [0, 0.05) is 26.2 Å². The Bertz CT molecular complexity index is 659. The van der Waals surface area contributed by atoms with E-state index in [1.54, 1.807) is 0 Å². The van der Waals surface area contributed by atoms with Gasteiger partial charge in [0.1, 0.15) is 6.04 Å². The molecule has 0 bridgehead atoms. The first-order chi connectivity index (χ1) is 13.7. The Morgan fingerprint density at radius 2 is 1.90 bits per heavy atom. The first kappa shape index (κ1) is 23.3. The van der Waals surface area contributed by atoms with Crippen LogP contribution in [0.4, 0.5) is 0 Å². The summed E-state index contributed by atoms with van der Waals surface area (Å²) in [6.45, 7) is 7.71. The Morgan fingerprint density at radius 1 is 1.21 bits per heavy atom. The first-order valence-corrected chi connectivity index (χ1v) is 10.1. The number of methoxy groups -OCH3 is 1. The number of rotatable bonds is 9. The predicted octanol–water partition coefficient (Wildman–Crippen LogP) is 2.13. The summed E-state index contributed by atoms with van der Waals surface area (Å²) < 4.78 is 16.4. The fraction of sp³-hybridized carbons (Fsp3) is 0.636. The molecule has 0 saturated carbocycles. The molecule has 2 N–H and O–H groups in total. The number of carbonyl (C=O) groups excluding carboxylic acids is 2. The van der Waals surface area contributed by atoms with Gasteiger partial charge < -0.3 is 24.8 Å². The summed E-state index contributed by atoms with van der Waals surface area (Å²) in [7, 11) is 1.33. The zero-order valence-corrected chi connectivity index (χ0v) is 17.9. The second kappa shape index (κ2) is 10.7. The van der Waals surface area contributed by atoms with Crippen LogP contribution in [0.25, 0.3) is 0 Å². The molecule has 162 valence electrons. The van der Waals surface area contributed by atoms with Crippen molar-refractivity contribution in [1.82, 2.24) is 4.90 Å². The lowest BCUT2D eigenvalue weighted by atomic mass is 9.86. The molecule has 0 radical (unpaired) electrons. The highest BCUT2D eigenvalue weighted by Gasteiger charge is 2.44. The van der Waals surface area contributed by atoms with Crippen molar-refractivity contribution in [2.45, 2.75) is 58.4 Å². The first-order valence-electron chi connectivity index (χ1n) is 10.1. The van der Waals surface area contributed by atoms with Crippen LogP contribution >= 0.6 is 0 Å². The van der Waals surface area contributed by atoms with Crippen molar-refractivity contribution in [2.75, 3.05) is 26.9 Å². The number of hydrogen-bond acceptors (Lipinski definition) is 6. The van der Waals surface area contributed by atoms with Gasteiger partial charge in [-0.15, -0.1) is 0 Å². The van der Waals surface area contributed by atoms with E-state index in [-0.39, 0.29) is 12.0 Å². The molecule has 1 aliphatic rings. The number of nitrogens with two attached hydrogens (primary N) is 1. The maximum Gasteiger partial charge on any atom is 0.328 e. The Kier molecular flexibility index (Phi) is 8.61. The number of amides is 1. The van der Waals surface area contributed by atoms with Gasteiger partial charge in [-0.2, -0.15) is 0 Å². The zero-order chi connectivity index (χ0) is 21.4. The number of likely N-dealkylation sites (tertiary alicyclic amines) is 1. The van der Waals surface area contributed by atoms with E-state index < -0.39 is 23.5 Å². The van der Waals surface area contributed by atoms with E-state index in [0.29, 0.717) is 32.8 Å². The molecular weight excluding hydrogens is 372 g/mol. The van der Waals surface area contributed by atoms with E-state index in [1.807, 2.05) is 51.1 Å². The molecule has 0 aliphatic carbocycles. The Morgan fingerprint density at radius 3 is 2.52 bits per heavy atom. The fourth-order valence-corrected chi connectivity index (χ4v) is 3.25. The summed E-state index contributed by atoms with van der Waals surface area (Å²) in [6.07, 6.45) is 0.936. The monoisotopic (exact) mass is 406 g/mol. The van der Waals surface area contributed by atoms with Crippen LogP contribution in [0.5, 0.6) is 0 Å². The highest BCUT2D eigenvalue weighted by molar-refractivity contribution is 5.88. The van der Waals surface area contributed by atoms with Crippen LogP contribution in [-0.4, -0.2) is 61.8 Å². The second-order valence-corrected chi connectivity index (χ2v) is 8.49. The highest BCUT2D eigenvalue weighted by Crippen LogP contribution is 2.26. The maximum absolute atomic E-state index is 12.8. The summed E-state index contributed by atoms with van der Waals surface area (Å²) >= 11 is 0. The minimum atomic E-state index is -0.695. The summed E-state index contributed by atoms with van der Waals surface area (Å²) in [4.78, 5) is 26.5. The standard InChI is InChI=1S/C22H34N2O5/c1-22(2,3)19(23)20(25)24-14-17(13-18(24)21(26)27-4)29-12-8-11-28-15-16-9-6-5-7-10-16/h5-7,9-10,17-19H,8,11-15,23H2,1-4H3/t17-,18+,19+/m1/s1. The lowest BCUT2D eigenvalue weighted by Crippen LogP contribution is -2.53. The van der Waals surface area contributed by atoms with Gasteiger partial charge in [0.25, 0.3) is 0 Å². The van der Waals surface area contributed by atoms with Gasteiger partial charge in [-0.25, -0.2) is 4.79 Å². The van der Waals surface area contributed by atoms with Crippen LogP contribution in [0.1, 0.15) is 39.2 Å². The Hall–Kier alpha value is -1.96. The van der Waals surface area contributed by atoms with Crippen LogP contribution in [0.3, 0.4) is 0 Å². The lowest BCUT2D eigenvalue weighted by molar-refractivity contribution is -0.152. The van der Waals surface area contributed by atoms with Gasteiger partial charge in [-0.3, -0.25) is 4.79 Å². The van der Waals surface area contributed by atoms with Crippen LogP contribution in [-0.2, 0) is 30.4 Å². The SMILES string of the molecule is COC(=O)[C@@H]1C[C@@H](OCCCOCc2ccccc2)CN1C(=O)[C@H](N)C(C)(C)C. The summed E-state index contributed by atoms with van der Waals surface area (Å²) in [5.74, 6) is -0.679. The highest BCUT2D eigenvalue weighted by atomic mass is 16.5. The van der Waals surface area contributed by atoms with E-state index in [9.17, 15) is 9.59 Å². The minimum absolute atomic E-state index is 0.218. The molecule has 7 nitrogen and oxygen atoms in total. The van der Waals surface area contributed by atoms with E-state index in [2.05, 4.69) is 0 Å². The topological polar surface area (TPSA) is 91.1 Å². The number of carbonyl (C=O) groups is 2. The van der Waals surface area contributed by atoms with E-state index in [1.165, 1.54) is 12.0 Å². The molecule has 1 saturated heterocycles. The number of esters is 1.